The number of aryl methyl sites for hydroxylation is 1. The summed E-state index contributed by atoms with van der Waals surface area (Å²) < 4.78 is 49.9. The van der Waals surface area contributed by atoms with Gasteiger partial charge in [0.2, 0.25) is 0 Å². The highest BCUT2D eigenvalue weighted by Crippen LogP contribution is 2.06. The Kier molecular flexibility index (Phi) is 7.17. The lowest BCUT2D eigenvalue weighted by molar-refractivity contribution is 0.483. The first-order valence-electron chi connectivity index (χ1n) is 4.75. The van der Waals surface area contributed by atoms with Crippen LogP contribution in [-0.4, -0.2) is 33.7 Å². The molecule has 0 saturated carbocycles. The Morgan fingerprint density at radius 3 is 2.22 bits per heavy atom. The van der Waals surface area contributed by atoms with Crippen LogP contribution in [0.15, 0.2) is 28.6 Å². The molecule has 0 fully saturated rings. The first kappa shape index (κ1) is 16.6. The van der Waals surface area contributed by atoms with Gasteiger partial charge in [0.25, 0.3) is 10.1 Å². The number of hydrogen-bond donors (Lipinski definition) is 2. The maximum absolute atomic E-state index is 9.91. The van der Waals surface area contributed by atoms with Crippen molar-refractivity contribution < 1.29 is 21.4 Å². The SMILES string of the molecule is Cc1ccccc1N.O=S(=O)=NCCS(=O)(=O)O. The number of nitrogens with two attached hydrogens (primary N) is 1. The molecule has 0 saturated heterocycles. The molecule has 7 nitrogen and oxygen atoms in total. The third-order valence-electron chi connectivity index (χ3n) is 1.73. The third kappa shape index (κ3) is 9.75. The number of nitrogen functional groups attached to an aromatic ring is 1. The molecule has 9 heteroatoms. The zero-order chi connectivity index (χ0) is 14.2. The van der Waals surface area contributed by atoms with Gasteiger partial charge in [0.05, 0.1) is 12.3 Å². The fourth-order valence-electron chi connectivity index (χ4n) is 0.814. The maximum Gasteiger partial charge on any atom is 0.311 e. The maximum atomic E-state index is 9.91. The topological polar surface area (TPSA) is 127 Å². The van der Waals surface area contributed by atoms with E-state index in [-0.39, 0.29) is 0 Å². The largest absolute Gasteiger partial charge is 0.399 e. The molecule has 0 bridgehead atoms. The van der Waals surface area contributed by atoms with E-state index in [1.54, 1.807) is 0 Å². The van der Waals surface area contributed by atoms with Gasteiger partial charge in [0, 0.05) is 5.69 Å². The van der Waals surface area contributed by atoms with E-state index in [9.17, 15) is 16.8 Å². The van der Waals surface area contributed by atoms with Gasteiger partial charge in [-0.3, -0.25) is 4.55 Å². The van der Waals surface area contributed by atoms with E-state index in [1.807, 2.05) is 31.2 Å². The average molecular weight is 294 g/mol. The van der Waals surface area contributed by atoms with Crippen molar-refractivity contribution in [2.45, 2.75) is 6.92 Å². The highest BCUT2D eigenvalue weighted by atomic mass is 32.2. The van der Waals surface area contributed by atoms with Gasteiger partial charge in [0.15, 0.2) is 0 Å². The molecule has 0 aliphatic heterocycles. The van der Waals surface area contributed by atoms with E-state index >= 15 is 0 Å². The molecule has 0 atom stereocenters. The van der Waals surface area contributed by atoms with E-state index in [1.165, 1.54) is 0 Å². The molecule has 0 aliphatic rings. The second-order valence-electron chi connectivity index (χ2n) is 3.21. The molecular formula is C9H14N2O5S2. The van der Waals surface area contributed by atoms with Gasteiger partial charge in [-0.15, -0.1) is 0 Å². The van der Waals surface area contributed by atoms with Crippen LogP contribution in [0.2, 0.25) is 0 Å². The number of rotatable bonds is 3. The van der Waals surface area contributed by atoms with Crippen molar-refractivity contribution in [1.29, 1.82) is 0 Å². The van der Waals surface area contributed by atoms with Crippen molar-refractivity contribution in [2.75, 3.05) is 18.0 Å². The Morgan fingerprint density at radius 1 is 1.33 bits per heavy atom. The van der Waals surface area contributed by atoms with Crippen LogP contribution in [-0.2, 0) is 20.6 Å². The Labute approximate surface area is 107 Å². The summed E-state index contributed by atoms with van der Waals surface area (Å²) in [7, 11) is -6.69. The van der Waals surface area contributed by atoms with Crippen LogP contribution in [0.4, 0.5) is 5.69 Å². The van der Waals surface area contributed by atoms with Crippen molar-refractivity contribution in [3.8, 4) is 0 Å². The van der Waals surface area contributed by atoms with Gasteiger partial charge in [-0.25, -0.2) is 0 Å². The van der Waals surface area contributed by atoms with Crippen LogP contribution in [0, 0.1) is 6.92 Å². The standard InChI is InChI=1S/C7H9N.C2H5NO5S2/c1-6-4-2-3-5-7(6)8;4-9(5)3-1-2-10(6,7)8/h2-5H,8H2,1H3;1-2H2,(H,6,7,8). The summed E-state index contributed by atoms with van der Waals surface area (Å²) in [5.41, 5.74) is 7.53. The van der Waals surface area contributed by atoms with Crippen molar-refractivity contribution in [3.05, 3.63) is 29.8 Å². The van der Waals surface area contributed by atoms with Crippen molar-refractivity contribution in [1.82, 2.24) is 0 Å². The molecule has 0 aliphatic carbocycles. The lowest BCUT2D eigenvalue weighted by Crippen LogP contribution is -2.06. The molecule has 0 spiro atoms. The molecule has 102 valence electrons. The van der Waals surface area contributed by atoms with Gasteiger partial charge in [-0.1, -0.05) is 18.2 Å². The first-order valence-corrected chi connectivity index (χ1v) is 7.39. The lowest BCUT2D eigenvalue weighted by atomic mass is 10.2. The number of hydrogen-bond acceptors (Lipinski definition) is 6. The number of benzene rings is 1. The Balaban J connectivity index is 0.000000327. The number of nitrogens with zero attached hydrogens (tertiary/aromatic N) is 1. The van der Waals surface area contributed by atoms with Gasteiger partial charge >= 0.3 is 10.5 Å². The Morgan fingerprint density at radius 2 is 1.89 bits per heavy atom. The lowest BCUT2D eigenvalue weighted by Gasteiger charge is -1.93. The smallest absolute Gasteiger partial charge is 0.311 e. The highest BCUT2D eigenvalue weighted by molar-refractivity contribution is 7.85. The second-order valence-corrected chi connectivity index (χ2v) is 5.48. The van der Waals surface area contributed by atoms with Gasteiger partial charge in [-0.2, -0.15) is 21.2 Å². The van der Waals surface area contributed by atoms with Crippen molar-refractivity contribution in [3.63, 3.8) is 0 Å². The molecule has 1 aromatic carbocycles. The minimum absolute atomic E-state index is 0.436. The predicted octanol–water partition coefficient (Wildman–Crippen LogP) is 0.514. The quantitative estimate of drug-likeness (QED) is 0.617. The molecule has 0 aromatic heterocycles. The molecule has 0 amide bonds. The first-order chi connectivity index (χ1) is 8.22. The minimum Gasteiger partial charge on any atom is -0.399 e. The van der Waals surface area contributed by atoms with Crippen molar-refractivity contribution >= 4 is 26.3 Å². The molecule has 0 heterocycles. The van der Waals surface area contributed by atoms with Crippen LogP contribution in [0.1, 0.15) is 5.56 Å². The van der Waals surface area contributed by atoms with Gasteiger partial charge in [0.1, 0.15) is 0 Å². The summed E-state index contributed by atoms with van der Waals surface area (Å²) in [5, 5.41) is 0. The van der Waals surface area contributed by atoms with Crippen molar-refractivity contribution in [2.24, 2.45) is 4.36 Å². The van der Waals surface area contributed by atoms with Gasteiger partial charge in [-0.05, 0) is 18.6 Å². The fourth-order valence-corrected chi connectivity index (χ4v) is 1.49. The normalized spacial score (nSPS) is 10.1. The third-order valence-corrected chi connectivity index (χ3v) is 2.83. The summed E-state index contributed by atoms with van der Waals surface area (Å²) in [6.45, 7) is 1.56. The Hall–Kier alpha value is -1.45. The average Bonchev–Trinajstić information content (AvgIpc) is 2.21. The van der Waals surface area contributed by atoms with E-state index in [2.05, 4.69) is 4.36 Å². The van der Waals surface area contributed by atoms with Gasteiger partial charge < -0.3 is 5.73 Å². The molecule has 18 heavy (non-hydrogen) atoms. The molecule has 1 rings (SSSR count). The molecular weight excluding hydrogens is 280 g/mol. The summed E-state index contributed by atoms with van der Waals surface area (Å²) in [6.07, 6.45) is 0. The molecule has 0 unspecified atom stereocenters. The summed E-state index contributed by atoms with van der Waals surface area (Å²) in [6, 6.07) is 7.80. The Bertz CT molecular complexity index is 579. The summed E-state index contributed by atoms with van der Waals surface area (Å²) in [5.74, 6) is -0.666. The summed E-state index contributed by atoms with van der Waals surface area (Å²) >= 11 is 0. The fraction of sp³-hybridized carbons (Fsp3) is 0.333. The summed E-state index contributed by atoms with van der Waals surface area (Å²) in [4.78, 5) is 0. The van der Waals surface area contributed by atoms with E-state index < -0.39 is 32.9 Å². The highest BCUT2D eigenvalue weighted by Gasteiger charge is 2.01. The van der Waals surface area contributed by atoms with Crippen LogP contribution in [0.3, 0.4) is 0 Å². The van der Waals surface area contributed by atoms with E-state index in [0.717, 1.165) is 11.3 Å². The zero-order valence-electron chi connectivity index (χ0n) is 9.64. The second kappa shape index (κ2) is 7.80. The minimum atomic E-state index is -4.09. The van der Waals surface area contributed by atoms with Crippen LogP contribution < -0.4 is 5.73 Å². The number of para-hydroxylation sites is 1. The molecule has 3 N–H and O–H groups in total. The predicted molar refractivity (Wildman–Crippen MR) is 68.2 cm³/mol. The van der Waals surface area contributed by atoms with Crippen LogP contribution >= 0.6 is 0 Å². The molecule has 1 aromatic rings. The zero-order valence-corrected chi connectivity index (χ0v) is 11.3. The molecule has 0 radical (unpaired) electrons. The van der Waals surface area contributed by atoms with Crippen LogP contribution in [0.25, 0.3) is 0 Å². The number of anilines is 1. The van der Waals surface area contributed by atoms with E-state index in [0.29, 0.717) is 0 Å². The monoisotopic (exact) mass is 294 g/mol. The van der Waals surface area contributed by atoms with Crippen LogP contribution in [0.5, 0.6) is 0 Å². The van der Waals surface area contributed by atoms with E-state index in [4.69, 9.17) is 10.3 Å².